The van der Waals surface area contributed by atoms with E-state index in [2.05, 4.69) is 6.58 Å². The van der Waals surface area contributed by atoms with Crippen molar-refractivity contribution in [2.45, 2.75) is 26.2 Å². The van der Waals surface area contributed by atoms with Crippen LogP contribution in [0, 0.1) is 6.92 Å². The zero-order chi connectivity index (χ0) is 21.2. The number of carbonyl (C=O) groups is 2. The first kappa shape index (κ1) is 22.0. The molecule has 0 atom stereocenters. The van der Waals surface area contributed by atoms with Gasteiger partial charge in [-0.2, -0.15) is 0 Å². The second-order valence-corrected chi connectivity index (χ2v) is 6.65. The van der Waals surface area contributed by atoms with Gasteiger partial charge in [0, 0.05) is 6.42 Å². The fraction of sp³-hybridized carbons (Fsp3) is 0.250. The molecule has 0 heterocycles. The van der Waals surface area contributed by atoms with Crippen molar-refractivity contribution in [1.29, 1.82) is 0 Å². The lowest BCUT2D eigenvalue weighted by molar-refractivity contribution is -0.124. The monoisotopic (exact) mass is 394 g/mol. The molecule has 0 amide bonds. The topological polar surface area (TPSA) is 72.8 Å². The van der Waals surface area contributed by atoms with E-state index in [0.717, 1.165) is 22.4 Å². The van der Waals surface area contributed by atoms with Crippen LogP contribution in [0.5, 0.6) is 17.2 Å². The summed E-state index contributed by atoms with van der Waals surface area (Å²) in [4.78, 5) is 24.2. The molecule has 0 aliphatic carbocycles. The molecule has 0 radical (unpaired) electrons. The highest BCUT2D eigenvalue weighted by molar-refractivity contribution is 6.06. The third-order valence-electron chi connectivity index (χ3n) is 4.33. The maximum Gasteiger partial charge on any atom is 0.163 e. The first-order chi connectivity index (χ1) is 13.9. The number of Topliss-reactive ketones (excluding diaryl/α,β-unsaturated/α-hetero) is 1. The maximum absolute atomic E-state index is 12.1. The fourth-order valence-corrected chi connectivity index (χ4v) is 2.78. The van der Waals surface area contributed by atoms with Crippen LogP contribution in [0.3, 0.4) is 0 Å². The Labute approximate surface area is 171 Å². The lowest BCUT2D eigenvalue weighted by Crippen LogP contribution is -2.06. The van der Waals surface area contributed by atoms with Crippen LogP contribution in [0.25, 0.3) is 6.08 Å². The molecule has 5 heteroatoms. The van der Waals surface area contributed by atoms with E-state index >= 15 is 0 Å². The number of hydrogen-bond acceptors (Lipinski definition) is 5. The van der Waals surface area contributed by atoms with Crippen molar-refractivity contribution in [2.24, 2.45) is 0 Å². The second kappa shape index (κ2) is 10.9. The molecule has 152 valence electrons. The van der Waals surface area contributed by atoms with Crippen molar-refractivity contribution < 1.29 is 24.2 Å². The Morgan fingerprint density at radius 2 is 1.93 bits per heavy atom. The number of benzene rings is 2. The number of aryl methyl sites for hydroxylation is 2. The fourth-order valence-electron chi connectivity index (χ4n) is 2.78. The van der Waals surface area contributed by atoms with Gasteiger partial charge in [0.1, 0.15) is 18.1 Å². The van der Waals surface area contributed by atoms with E-state index in [4.69, 9.17) is 9.47 Å². The van der Waals surface area contributed by atoms with Crippen LogP contribution in [-0.2, 0) is 16.0 Å². The van der Waals surface area contributed by atoms with Crippen LogP contribution in [0.2, 0.25) is 0 Å². The lowest BCUT2D eigenvalue weighted by atomic mass is 10.0. The average Bonchev–Trinajstić information content (AvgIpc) is 2.71. The molecule has 0 fully saturated rings. The van der Waals surface area contributed by atoms with Gasteiger partial charge in [-0.05, 0) is 60.4 Å². The van der Waals surface area contributed by atoms with Crippen molar-refractivity contribution in [3.63, 3.8) is 0 Å². The summed E-state index contributed by atoms with van der Waals surface area (Å²) in [7, 11) is 1.47. The highest BCUT2D eigenvalue weighted by Crippen LogP contribution is 2.26. The molecule has 0 bridgehead atoms. The molecule has 0 unspecified atom stereocenters. The third kappa shape index (κ3) is 6.96. The highest BCUT2D eigenvalue weighted by Gasteiger charge is 2.09. The molecule has 0 saturated heterocycles. The van der Waals surface area contributed by atoms with Crippen molar-refractivity contribution in [3.05, 3.63) is 71.8 Å². The number of hydrogen-bond donors (Lipinski definition) is 1. The molecule has 29 heavy (non-hydrogen) atoms. The molecular weight excluding hydrogens is 368 g/mol. The van der Waals surface area contributed by atoms with Crippen molar-refractivity contribution in [1.82, 2.24) is 0 Å². The highest BCUT2D eigenvalue weighted by atomic mass is 16.5. The van der Waals surface area contributed by atoms with Gasteiger partial charge in [-0.3, -0.25) is 9.59 Å². The maximum atomic E-state index is 12.1. The van der Waals surface area contributed by atoms with Crippen LogP contribution in [0.15, 0.2) is 55.1 Å². The van der Waals surface area contributed by atoms with Crippen molar-refractivity contribution >= 4 is 17.6 Å². The Morgan fingerprint density at radius 3 is 2.62 bits per heavy atom. The summed E-state index contributed by atoms with van der Waals surface area (Å²) < 4.78 is 10.6. The van der Waals surface area contributed by atoms with E-state index in [-0.39, 0.29) is 30.2 Å². The predicted octanol–water partition coefficient (Wildman–Crippen LogP) is 4.45. The van der Waals surface area contributed by atoms with Crippen molar-refractivity contribution in [2.75, 3.05) is 13.7 Å². The number of aromatic hydroxyl groups is 1. The molecule has 0 spiro atoms. The number of allylic oxidation sites excluding steroid dienone is 1. The number of methoxy groups -OCH3 is 1. The minimum atomic E-state index is -0.233. The molecule has 2 aromatic rings. The number of ketones is 2. The van der Waals surface area contributed by atoms with E-state index in [1.807, 2.05) is 25.1 Å². The molecule has 5 nitrogen and oxygen atoms in total. The Kier molecular flexibility index (Phi) is 8.22. The number of carbonyl (C=O) groups excluding carboxylic acids is 2. The van der Waals surface area contributed by atoms with Gasteiger partial charge >= 0.3 is 0 Å². The summed E-state index contributed by atoms with van der Waals surface area (Å²) in [5.74, 6) is 0.831. The number of phenolic OH excluding ortho intramolecular Hbond substituents is 1. The summed E-state index contributed by atoms with van der Waals surface area (Å²) in [5.41, 5.74) is 2.69. The SMILES string of the molecule is C=CCOc1ccc(/C=C/C(=O)CC(=O)CCc2ccc(O)c(OC)c2)cc1C. The number of rotatable bonds is 11. The van der Waals surface area contributed by atoms with Crippen LogP contribution in [0.1, 0.15) is 29.5 Å². The van der Waals surface area contributed by atoms with Gasteiger partial charge in [0.15, 0.2) is 17.3 Å². The quantitative estimate of drug-likeness (QED) is 0.346. The smallest absolute Gasteiger partial charge is 0.163 e. The summed E-state index contributed by atoms with van der Waals surface area (Å²) in [6.07, 6.45) is 5.41. The lowest BCUT2D eigenvalue weighted by Gasteiger charge is -2.07. The van der Waals surface area contributed by atoms with Crippen LogP contribution in [0.4, 0.5) is 0 Å². The molecule has 2 rings (SSSR count). The van der Waals surface area contributed by atoms with Gasteiger partial charge in [-0.15, -0.1) is 0 Å². The first-order valence-corrected chi connectivity index (χ1v) is 9.35. The Balaban J connectivity index is 1.85. The van der Waals surface area contributed by atoms with Crippen LogP contribution >= 0.6 is 0 Å². The molecule has 0 aliphatic heterocycles. The van der Waals surface area contributed by atoms with E-state index in [0.29, 0.717) is 18.8 Å². The molecule has 1 N–H and O–H groups in total. The molecular formula is C24H26O5. The predicted molar refractivity (Wildman–Crippen MR) is 114 cm³/mol. The molecule has 0 aliphatic rings. The van der Waals surface area contributed by atoms with Crippen molar-refractivity contribution in [3.8, 4) is 17.2 Å². The molecule has 2 aromatic carbocycles. The average molecular weight is 394 g/mol. The third-order valence-corrected chi connectivity index (χ3v) is 4.33. The van der Waals surface area contributed by atoms with E-state index < -0.39 is 0 Å². The summed E-state index contributed by atoms with van der Waals surface area (Å²) in [5, 5.41) is 9.60. The van der Waals surface area contributed by atoms with Gasteiger partial charge in [0.2, 0.25) is 0 Å². The van der Waals surface area contributed by atoms with Crippen LogP contribution in [-0.4, -0.2) is 30.4 Å². The van der Waals surface area contributed by atoms with Gasteiger partial charge < -0.3 is 14.6 Å². The Bertz CT molecular complexity index is 911. The first-order valence-electron chi connectivity index (χ1n) is 9.35. The van der Waals surface area contributed by atoms with E-state index in [1.54, 1.807) is 24.3 Å². The molecule has 0 saturated carbocycles. The zero-order valence-electron chi connectivity index (χ0n) is 16.8. The van der Waals surface area contributed by atoms with Crippen LogP contribution < -0.4 is 9.47 Å². The van der Waals surface area contributed by atoms with Gasteiger partial charge in [-0.25, -0.2) is 0 Å². The normalized spacial score (nSPS) is 10.7. The second-order valence-electron chi connectivity index (χ2n) is 6.65. The zero-order valence-corrected chi connectivity index (χ0v) is 16.8. The Morgan fingerprint density at radius 1 is 1.14 bits per heavy atom. The largest absolute Gasteiger partial charge is 0.504 e. The van der Waals surface area contributed by atoms with Gasteiger partial charge in [0.25, 0.3) is 0 Å². The minimum Gasteiger partial charge on any atom is -0.504 e. The molecule has 0 aromatic heterocycles. The summed E-state index contributed by atoms with van der Waals surface area (Å²) in [6.45, 7) is 5.99. The summed E-state index contributed by atoms with van der Waals surface area (Å²) >= 11 is 0. The standard InChI is InChI=1S/C24H26O5/c1-4-13-29-23-12-8-18(14-17(23)2)5-9-20(25)16-21(26)10-6-19-7-11-22(27)24(15-19)28-3/h4-5,7-9,11-12,14-15,27H,1,6,10,13,16H2,2-3H3/b9-5+. The van der Waals surface area contributed by atoms with E-state index in [1.165, 1.54) is 19.3 Å². The van der Waals surface area contributed by atoms with E-state index in [9.17, 15) is 14.7 Å². The van der Waals surface area contributed by atoms with Gasteiger partial charge in [-0.1, -0.05) is 30.9 Å². The van der Waals surface area contributed by atoms with Gasteiger partial charge in [0.05, 0.1) is 13.5 Å². The summed E-state index contributed by atoms with van der Waals surface area (Å²) in [6, 6.07) is 10.6. The Hall–Kier alpha value is -3.34. The number of phenols is 1. The minimum absolute atomic E-state index is 0.0541. The number of ether oxygens (including phenoxy) is 2.